The summed E-state index contributed by atoms with van der Waals surface area (Å²) in [6.45, 7) is 0.0735. The molecule has 1 aromatic carbocycles. The van der Waals surface area contributed by atoms with Crippen LogP contribution in [0.3, 0.4) is 0 Å². The quantitative estimate of drug-likeness (QED) is 0.514. The highest BCUT2D eigenvalue weighted by molar-refractivity contribution is 7.13. The number of nitro benzene ring substituents is 1. The van der Waals surface area contributed by atoms with Crippen molar-refractivity contribution in [3.05, 3.63) is 70.0 Å². The van der Waals surface area contributed by atoms with Gasteiger partial charge >= 0.3 is 0 Å². The number of carbonyl (C=O) groups excluding carboxylic acids is 1. The summed E-state index contributed by atoms with van der Waals surface area (Å²) in [4.78, 5) is 23.3. The summed E-state index contributed by atoms with van der Waals surface area (Å²) in [7, 11) is 0. The van der Waals surface area contributed by atoms with Crippen LogP contribution < -0.4 is 10.1 Å². The molecule has 0 unspecified atom stereocenters. The molecule has 3 rings (SSSR count). The molecule has 0 saturated carbocycles. The van der Waals surface area contributed by atoms with Crippen LogP contribution in [0.5, 0.6) is 5.75 Å². The number of hydrogen-bond donors (Lipinski definition) is 1. The van der Waals surface area contributed by atoms with E-state index in [-0.39, 0.29) is 24.7 Å². The van der Waals surface area contributed by atoms with E-state index in [1.165, 1.54) is 35.8 Å². The molecule has 0 aliphatic carbocycles. The monoisotopic (exact) mass is 358 g/mol. The third kappa shape index (κ3) is 4.24. The Morgan fingerprint density at radius 3 is 2.84 bits per heavy atom. The van der Waals surface area contributed by atoms with Crippen LogP contribution in [0.1, 0.15) is 5.76 Å². The molecule has 1 amide bonds. The van der Waals surface area contributed by atoms with Crippen molar-refractivity contribution in [2.24, 2.45) is 0 Å². The van der Waals surface area contributed by atoms with Gasteiger partial charge in [0, 0.05) is 22.6 Å². The van der Waals surface area contributed by atoms with Crippen LogP contribution in [0.2, 0.25) is 0 Å². The Labute approximate surface area is 147 Å². The topological polar surface area (TPSA) is 94.6 Å². The number of carbonyl (C=O) groups is 1. The van der Waals surface area contributed by atoms with Crippen molar-refractivity contribution in [1.29, 1.82) is 0 Å². The second-order valence-corrected chi connectivity index (χ2v) is 6.01. The Kier molecular flexibility index (Phi) is 5.10. The lowest BCUT2D eigenvalue weighted by Crippen LogP contribution is -2.28. The molecular formula is C17H14N2O5S. The second kappa shape index (κ2) is 7.63. The standard InChI is InChI=1S/C17H14N2O5S/c20-17(18-10-13-3-1-7-23-13)11-24-15-6-5-12(19(21)22)9-14(15)16-4-2-8-25-16/h1-9H,10-11H2,(H,18,20). The average molecular weight is 358 g/mol. The van der Waals surface area contributed by atoms with Gasteiger partial charge in [-0.2, -0.15) is 0 Å². The first-order chi connectivity index (χ1) is 12.1. The number of thiophene rings is 1. The van der Waals surface area contributed by atoms with Crippen molar-refractivity contribution in [1.82, 2.24) is 5.32 Å². The van der Waals surface area contributed by atoms with Gasteiger partial charge in [0.05, 0.1) is 17.7 Å². The highest BCUT2D eigenvalue weighted by Gasteiger charge is 2.15. The molecule has 128 valence electrons. The fourth-order valence-electron chi connectivity index (χ4n) is 2.17. The summed E-state index contributed by atoms with van der Waals surface area (Å²) in [5.41, 5.74) is 0.557. The minimum Gasteiger partial charge on any atom is -0.483 e. The van der Waals surface area contributed by atoms with Crippen molar-refractivity contribution in [3.8, 4) is 16.2 Å². The van der Waals surface area contributed by atoms with Crippen molar-refractivity contribution in [2.75, 3.05) is 6.61 Å². The third-order valence-corrected chi connectivity index (χ3v) is 4.26. The highest BCUT2D eigenvalue weighted by Crippen LogP contribution is 2.36. The van der Waals surface area contributed by atoms with Gasteiger partial charge in [0.15, 0.2) is 6.61 Å². The molecule has 0 fully saturated rings. The number of benzene rings is 1. The van der Waals surface area contributed by atoms with E-state index < -0.39 is 4.92 Å². The van der Waals surface area contributed by atoms with E-state index in [1.807, 2.05) is 17.5 Å². The van der Waals surface area contributed by atoms with Gasteiger partial charge in [-0.25, -0.2) is 0 Å². The zero-order valence-electron chi connectivity index (χ0n) is 13.0. The molecule has 0 saturated heterocycles. The normalized spacial score (nSPS) is 10.4. The second-order valence-electron chi connectivity index (χ2n) is 5.06. The predicted octanol–water partition coefficient (Wildman–Crippen LogP) is 3.61. The molecule has 0 radical (unpaired) electrons. The smallest absolute Gasteiger partial charge is 0.270 e. The number of nitrogens with zero attached hydrogens (tertiary/aromatic N) is 1. The van der Waals surface area contributed by atoms with Gasteiger partial charge in [-0.1, -0.05) is 6.07 Å². The van der Waals surface area contributed by atoms with Crippen molar-refractivity contribution < 1.29 is 18.9 Å². The molecule has 8 heteroatoms. The molecule has 2 heterocycles. The van der Waals surface area contributed by atoms with Gasteiger partial charge in [0.25, 0.3) is 11.6 Å². The Morgan fingerprint density at radius 1 is 1.28 bits per heavy atom. The number of rotatable bonds is 7. The Hall–Kier alpha value is -3.13. The van der Waals surface area contributed by atoms with Crippen molar-refractivity contribution >= 4 is 22.9 Å². The summed E-state index contributed by atoms with van der Waals surface area (Å²) in [6.07, 6.45) is 1.53. The van der Waals surface area contributed by atoms with Crippen LogP contribution in [-0.2, 0) is 11.3 Å². The summed E-state index contributed by atoms with van der Waals surface area (Å²) in [6, 6.07) is 11.5. The Balaban J connectivity index is 1.69. The number of nitro groups is 1. The first-order valence-electron chi connectivity index (χ1n) is 7.37. The number of ether oxygens (including phenoxy) is 1. The first-order valence-corrected chi connectivity index (χ1v) is 8.25. The van der Waals surface area contributed by atoms with Crippen LogP contribution in [0, 0.1) is 10.1 Å². The molecule has 25 heavy (non-hydrogen) atoms. The molecule has 0 atom stereocenters. The van der Waals surface area contributed by atoms with Crippen LogP contribution in [-0.4, -0.2) is 17.4 Å². The van der Waals surface area contributed by atoms with Crippen LogP contribution >= 0.6 is 11.3 Å². The fraction of sp³-hybridized carbons (Fsp3) is 0.118. The van der Waals surface area contributed by atoms with Gasteiger partial charge in [-0.3, -0.25) is 14.9 Å². The lowest BCUT2D eigenvalue weighted by molar-refractivity contribution is -0.384. The van der Waals surface area contributed by atoms with Crippen LogP contribution in [0.15, 0.2) is 58.5 Å². The largest absolute Gasteiger partial charge is 0.483 e. The fourth-order valence-corrected chi connectivity index (χ4v) is 2.92. The maximum absolute atomic E-state index is 11.9. The molecule has 2 aromatic heterocycles. The SMILES string of the molecule is O=C(COc1ccc([N+](=O)[O-])cc1-c1cccs1)NCc1ccco1. The van der Waals surface area contributed by atoms with E-state index in [0.717, 1.165) is 4.88 Å². The molecule has 7 nitrogen and oxygen atoms in total. The minimum absolute atomic E-state index is 0.0296. The molecule has 3 aromatic rings. The zero-order valence-corrected chi connectivity index (χ0v) is 13.8. The average Bonchev–Trinajstić information content (AvgIpc) is 3.31. The van der Waals surface area contributed by atoms with Gasteiger partial charge in [-0.15, -0.1) is 11.3 Å². The van der Waals surface area contributed by atoms with E-state index in [1.54, 1.807) is 12.1 Å². The van der Waals surface area contributed by atoms with E-state index in [4.69, 9.17) is 9.15 Å². The number of non-ortho nitro benzene ring substituents is 1. The maximum Gasteiger partial charge on any atom is 0.270 e. The van der Waals surface area contributed by atoms with Gasteiger partial charge in [0.2, 0.25) is 0 Å². The van der Waals surface area contributed by atoms with E-state index >= 15 is 0 Å². The van der Waals surface area contributed by atoms with Gasteiger partial charge in [0.1, 0.15) is 11.5 Å². The molecule has 0 bridgehead atoms. The first kappa shape index (κ1) is 16.7. The van der Waals surface area contributed by atoms with Gasteiger partial charge in [-0.05, 0) is 29.6 Å². The Bertz CT molecular complexity index is 859. The van der Waals surface area contributed by atoms with Crippen molar-refractivity contribution in [2.45, 2.75) is 6.54 Å². The van der Waals surface area contributed by atoms with E-state index in [0.29, 0.717) is 17.1 Å². The number of nitrogens with one attached hydrogen (secondary N) is 1. The number of hydrogen-bond acceptors (Lipinski definition) is 6. The summed E-state index contributed by atoms with van der Waals surface area (Å²) in [5.74, 6) is 0.746. The summed E-state index contributed by atoms with van der Waals surface area (Å²) in [5, 5.41) is 15.5. The minimum atomic E-state index is -0.461. The van der Waals surface area contributed by atoms with E-state index in [9.17, 15) is 14.9 Å². The lowest BCUT2D eigenvalue weighted by Gasteiger charge is -2.10. The van der Waals surface area contributed by atoms with E-state index in [2.05, 4.69) is 5.32 Å². The van der Waals surface area contributed by atoms with Gasteiger partial charge < -0.3 is 14.5 Å². The molecular weight excluding hydrogens is 344 g/mol. The zero-order chi connectivity index (χ0) is 17.6. The molecule has 1 N–H and O–H groups in total. The summed E-state index contributed by atoms with van der Waals surface area (Å²) >= 11 is 1.44. The lowest BCUT2D eigenvalue weighted by atomic mass is 10.1. The number of furan rings is 1. The van der Waals surface area contributed by atoms with Crippen molar-refractivity contribution in [3.63, 3.8) is 0 Å². The number of amides is 1. The third-order valence-electron chi connectivity index (χ3n) is 3.36. The van der Waals surface area contributed by atoms with Crippen LogP contribution in [0.4, 0.5) is 5.69 Å². The predicted molar refractivity (Wildman–Crippen MR) is 92.5 cm³/mol. The highest BCUT2D eigenvalue weighted by atomic mass is 32.1. The molecule has 0 spiro atoms. The summed E-state index contributed by atoms with van der Waals surface area (Å²) < 4.78 is 10.7. The Morgan fingerprint density at radius 2 is 2.16 bits per heavy atom. The van der Waals surface area contributed by atoms with Crippen LogP contribution in [0.25, 0.3) is 10.4 Å². The maximum atomic E-state index is 11.9. The molecule has 0 aliphatic heterocycles. The molecule has 0 aliphatic rings.